The summed E-state index contributed by atoms with van der Waals surface area (Å²) in [6.07, 6.45) is 6.73. The third kappa shape index (κ3) is 2.41. The Kier molecular flexibility index (Phi) is 3.48. The van der Waals surface area contributed by atoms with Gasteiger partial charge >= 0.3 is 0 Å². The normalized spacial score (nSPS) is 31.4. The molecule has 0 spiro atoms. The maximum atomic E-state index is 13.5. The van der Waals surface area contributed by atoms with Gasteiger partial charge in [-0.15, -0.1) is 0 Å². The topological polar surface area (TPSA) is 63.2 Å². The molecule has 4 saturated carbocycles. The predicted molar refractivity (Wildman–Crippen MR) is 109 cm³/mol. The number of hydrogen-bond donors (Lipinski definition) is 1. The van der Waals surface area contributed by atoms with Crippen molar-refractivity contribution in [2.24, 2.45) is 23.2 Å². The second kappa shape index (κ2) is 5.88. The van der Waals surface area contributed by atoms with E-state index in [-0.39, 0.29) is 22.9 Å². The highest BCUT2D eigenvalue weighted by Gasteiger charge is 2.54. The van der Waals surface area contributed by atoms with E-state index in [9.17, 15) is 14.4 Å². The van der Waals surface area contributed by atoms with Crippen LogP contribution in [0.3, 0.4) is 0 Å². The van der Waals surface area contributed by atoms with E-state index in [2.05, 4.69) is 5.32 Å². The van der Waals surface area contributed by atoms with Crippen LogP contribution in [0.4, 0.5) is 5.69 Å². The first kappa shape index (κ1) is 17.1. The first-order chi connectivity index (χ1) is 14.0. The summed E-state index contributed by atoms with van der Waals surface area (Å²) in [5.74, 6) is 1.73. The monoisotopic (exact) mass is 385 g/mol. The maximum Gasteiger partial charge on any atom is 0.230 e. The lowest BCUT2D eigenvalue weighted by Crippen LogP contribution is -2.51. The standard InChI is InChI=1S/C25H23NO3/c27-22-17-4-1-2-5-18(17)23(28)21-19(22)6-3-7-20(21)26-24(29)25-11-14-8-15(12-25)10-16(9-14)13-25/h1-7,14-16H,8-13H2,(H,26,29). The second-order valence-electron chi connectivity index (χ2n) is 9.58. The molecule has 5 aliphatic carbocycles. The average Bonchev–Trinajstić information content (AvgIpc) is 2.71. The minimum absolute atomic E-state index is 0.0455. The van der Waals surface area contributed by atoms with Crippen LogP contribution >= 0.6 is 0 Å². The molecular formula is C25H23NO3. The molecular weight excluding hydrogens is 362 g/mol. The van der Waals surface area contributed by atoms with Gasteiger partial charge in [-0.1, -0.05) is 36.4 Å². The van der Waals surface area contributed by atoms with Crippen LogP contribution in [0, 0.1) is 23.2 Å². The van der Waals surface area contributed by atoms with Crippen LogP contribution in [0.5, 0.6) is 0 Å². The molecule has 0 heterocycles. The van der Waals surface area contributed by atoms with E-state index in [1.165, 1.54) is 19.3 Å². The van der Waals surface area contributed by atoms with E-state index in [4.69, 9.17) is 0 Å². The number of carbonyl (C=O) groups excluding carboxylic acids is 3. The Morgan fingerprint density at radius 1 is 0.759 bits per heavy atom. The quantitative estimate of drug-likeness (QED) is 0.700. The van der Waals surface area contributed by atoms with Gasteiger partial charge in [0.25, 0.3) is 0 Å². The van der Waals surface area contributed by atoms with Crippen LogP contribution in [0.2, 0.25) is 0 Å². The molecule has 2 aromatic carbocycles. The minimum atomic E-state index is -0.295. The lowest BCUT2D eigenvalue weighted by molar-refractivity contribution is -0.140. The maximum absolute atomic E-state index is 13.5. The number of anilines is 1. The number of carbonyl (C=O) groups is 3. The van der Waals surface area contributed by atoms with Gasteiger partial charge in [-0.3, -0.25) is 14.4 Å². The van der Waals surface area contributed by atoms with E-state index in [0.29, 0.717) is 45.7 Å². The molecule has 4 fully saturated rings. The summed E-state index contributed by atoms with van der Waals surface area (Å²) in [6.45, 7) is 0. The van der Waals surface area contributed by atoms with Gasteiger partial charge in [0.05, 0.1) is 16.7 Å². The Hall–Kier alpha value is -2.75. The summed E-state index contributed by atoms with van der Waals surface area (Å²) in [5, 5.41) is 3.10. The van der Waals surface area contributed by atoms with Gasteiger partial charge in [0, 0.05) is 16.7 Å². The third-order valence-corrected chi connectivity index (χ3v) is 7.72. The number of benzene rings is 2. The number of nitrogens with one attached hydrogen (secondary N) is 1. The van der Waals surface area contributed by atoms with Crippen LogP contribution in [0.25, 0.3) is 0 Å². The molecule has 4 bridgehead atoms. The molecule has 1 amide bonds. The largest absolute Gasteiger partial charge is 0.325 e. The fraction of sp³-hybridized carbons (Fsp3) is 0.400. The molecule has 0 atom stereocenters. The van der Waals surface area contributed by atoms with Gasteiger partial charge in [-0.2, -0.15) is 0 Å². The highest BCUT2D eigenvalue weighted by Crippen LogP contribution is 2.60. The van der Waals surface area contributed by atoms with Crippen LogP contribution in [0.1, 0.15) is 70.4 Å². The van der Waals surface area contributed by atoms with Gasteiger partial charge < -0.3 is 5.32 Å². The summed E-state index contributed by atoms with van der Waals surface area (Å²) in [7, 11) is 0. The van der Waals surface area contributed by atoms with E-state index in [1.54, 1.807) is 42.5 Å². The Balaban J connectivity index is 1.37. The molecule has 29 heavy (non-hydrogen) atoms. The van der Waals surface area contributed by atoms with E-state index in [1.807, 2.05) is 0 Å². The zero-order valence-corrected chi connectivity index (χ0v) is 16.2. The van der Waals surface area contributed by atoms with Crippen molar-refractivity contribution in [1.82, 2.24) is 0 Å². The molecule has 4 nitrogen and oxygen atoms in total. The number of fused-ring (bicyclic) bond motifs is 2. The fourth-order valence-corrected chi connectivity index (χ4v) is 6.89. The van der Waals surface area contributed by atoms with Crippen molar-refractivity contribution in [3.05, 3.63) is 64.7 Å². The molecule has 1 N–H and O–H groups in total. The van der Waals surface area contributed by atoms with Gasteiger partial charge in [0.1, 0.15) is 0 Å². The van der Waals surface area contributed by atoms with Crippen molar-refractivity contribution >= 4 is 23.2 Å². The summed E-state index contributed by atoms with van der Waals surface area (Å²) in [6, 6.07) is 12.1. The van der Waals surface area contributed by atoms with Crippen LogP contribution in [-0.4, -0.2) is 17.5 Å². The summed E-state index contributed by atoms with van der Waals surface area (Å²) < 4.78 is 0. The average molecular weight is 385 g/mol. The first-order valence-corrected chi connectivity index (χ1v) is 10.7. The molecule has 7 rings (SSSR count). The highest BCUT2D eigenvalue weighted by atomic mass is 16.2. The second-order valence-corrected chi connectivity index (χ2v) is 9.58. The molecule has 146 valence electrons. The number of rotatable bonds is 2. The van der Waals surface area contributed by atoms with Gasteiger partial charge in [0.2, 0.25) is 5.91 Å². The van der Waals surface area contributed by atoms with Gasteiger partial charge in [-0.25, -0.2) is 0 Å². The minimum Gasteiger partial charge on any atom is -0.325 e. The van der Waals surface area contributed by atoms with Crippen molar-refractivity contribution < 1.29 is 14.4 Å². The summed E-state index contributed by atoms with van der Waals surface area (Å²) >= 11 is 0. The molecule has 0 radical (unpaired) electrons. The van der Waals surface area contributed by atoms with E-state index < -0.39 is 0 Å². The third-order valence-electron chi connectivity index (χ3n) is 7.72. The smallest absolute Gasteiger partial charge is 0.230 e. The molecule has 4 heteroatoms. The Morgan fingerprint density at radius 2 is 1.31 bits per heavy atom. The van der Waals surface area contributed by atoms with Crippen LogP contribution in [-0.2, 0) is 4.79 Å². The number of amides is 1. The molecule has 0 saturated heterocycles. The van der Waals surface area contributed by atoms with Crippen LogP contribution in [0.15, 0.2) is 42.5 Å². The Labute approximate surface area is 169 Å². The lowest BCUT2D eigenvalue weighted by Gasteiger charge is -2.55. The molecule has 0 aromatic heterocycles. The van der Waals surface area contributed by atoms with Crippen molar-refractivity contribution in [3.8, 4) is 0 Å². The van der Waals surface area contributed by atoms with Crippen molar-refractivity contribution in [3.63, 3.8) is 0 Å². The molecule has 0 unspecified atom stereocenters. The number of ketones is 2. The van der Waals surface area contributed by atoms with Crippen molar-refractivity contribution in [2.75, 3.05) is 5.32 Å². The SMILES string of the molecule is O=C1c2ccccc2C(=O)c2c(NC(=O)C34CC5CC(CC(C5)C3)C4)cccc21. The van der Waals surface area contributed by atoms with Crippen molar-refractivity contribution in [2.45, 2.75) is 38.5 Å². The van der Waals surface area contributed by atoms with E-state index >= 15 is 0 Å². The van der Waals surface area contributed by atoms with E-state index in [0.717, 1.165) is 19.3 Å². The molecule has 5 aliphatic rings. The zero-order valence-electron chi connectivity index (χ0n) is 16.2. The fourth-order valence-electron chi connectivity index (χ4n) is 6.89. The Morgan fingerprint density at radius 3 is 1.93 bits per heavy atom. The van der Waals surface area contributed by atoms with Gasteiger partial charge in [0.15, 0.2) is 11.6 Å². The predicted octanol–water partition coefficient (Wildman–Crippen LogP) is 4.62. The molecule has 2 aromatic rings. The Bertz CT molecular complexity index is 1050. The van der Waals surface area contributed by atoms with Crippen LogP contribution < -0.4 is 5.32 Å². The first-order valence-electron chi connectivity index (χ1n) is 10.7. The zero-order chi connectivity index (χ0) is 19.8. The summed E-state index contributed by atoms with van der Waals surface area (Å²) in [4.78, 5) is 39.6. The highest BCUT2D eigenvalue weighted by molar-refractivity contribution is 6.30. The van der Waals surface area contributed by atoms with Crippen molar-refractivity contribution in [1.29, 1.82) is 0 Å². The number of hydrogen-bond acceptors (Lipinski definition) is 3. The summed E-state index contributed by atoms with van der Waals surface area (Å²) in [5.41, 5.74) is 1.77. The lowest BCUT2D eigenvalue weighted by atomic mass is 9.49. The van der Waals surface area contributed by atoms with Gasteiger partial charge in [-0.05, 0) is 62.3 Å². The molecule has 0 aliphatic heterocycles.